The van der Waals surface area contributed by atoms with E-state index >= 15 is 0 Å². The Morgan fingerprint density at radius 1 is 0.165 bits per heavy atom. The summed E-state index contributed by atoms with van der Waals surface area (Å²) >= 11 is 0. The van der Waals surface area contributed by atoms with Crippen LogP contribution < -0.4 is 15.9 Å². The molecule has 1 heteroatoms. The van der Waals surface area contributed by atoms with Crippen molar-refractivity contribution < 1.29 is 0 Å². The third-order valence-electron chi connectivity index (χ3n) is 16.9. The van der Waals surface area contributed by atoms with Crippen LogP contribution in [-0.4, -0.2) is 0 Å². The van der Waals surface area contributed by atoms with E-state index in [1.54, 1.807) is 0 Å². The molecule has 0 aliphatic rings. The minimum atomic E-state index is -0.934. The third kappa shape index (κ3) is 9.73. The van der Waals surface area contributed by atoms with E-state index in [2.05, 4.69) is 346 Å². The number of rotatable bonds is 12. The van der Waals surface area contributed by atoms with Gasteiger partial charge in [0.2, 0.25) is 0 Å². The van der Waals surface area contributed by atoms with Crippen molar-refractivity contribution in [2.75, 3.05) is 0 Å². The molecule has 0 aliphatic heterocycles. The van der Waals surface area contributed by atoms with E-state index in [4.69, 9.17) is 0 Å². The van der Waals surface area contributed by atoms with Crippen LogP contribution in [0.3, 0.4) is 0 Å². The van der Waals surface area contributed by atoms with Crippen molar-refractivity contribution >= 4 is 125 Å². The second-order valence-electron chi connectivity index (χ2n) is 21.8. The molecule has 398 valence electrons. The zero-order valence-corrected chi connectivity index (χ0v) is 47.8. The van der Waals surface area contributed by atoms with Crippen molar-refractivity contribution in [3.63, 3.8) is 0 Å². The van der Waals surface area contributed by atoms with Crippen LogP contribution in [-0.2, 0) is 0 Å². The maximum Gasteiger partial charge on any atom is -0.00264 e. The van der Waals surface area contributed by atoms with Crippen LogP contribution in [0.1, 0.15) is 33.4 Å². The van der Waals surface area contributed by atoms with Crippen molar-refractivity contribution in [3.8, 4) is 33.4 Å². The van der Waals surface area contributed by atoms with Gasteiger partial charge in [-0.2, -0.15) is 0 Å². The van der Waals surface area contributed by atoms with Gasteiger partial charge in [0, 0.05) is 0 Å². The molecule has 0 aromatic heterocycles. The van der Waals surface area contributed by atoms with E-state index in [0.717, 1.165) is 16.7 Å². The Hall–Kier alpha value is -10.5. The summed E-state index contributed by atoms with van der Waals surface area (Å²) in [5.41, 5.74) is 14.7. The van der Waals surface area contributed by atoms with Crippen molar-refractivity contribution in [2.45, 2.75) is 0 Å². The van der Waals surface area contributed by atoms with Crippen LogP contribution in [0.4, 0.5) is 0 Å². The van der Waals surface area contributed by atoms with Gasteiger partial charge >= 0.3 is 0 Å². The molecular weight excluding hydrogens is 1040 g/mol. The van der Waals surface area contributed by atoms with Crippen molar-refractivity contribution in [2.24, 2.45) is 0 Å². The van der Waals surface area contributed by atoms with E-state index in [1.807, 2.05) is 0 Å². The van der Waals surface area contributed by atoms with Gasteiger partial charge in [0.15, 0.2) is 0 Å². The fraction of sp³-hybridized carbons (Fsp3) is 0. The number of hydrogen-bond acceptors (Lipinski definition) is 0. The first-order valence-corrected chi connectivity index (χ1v) is 30.7. The summed E-state index contributed by atoms with van der Waals surface area (Å²) in [4.78, 5) is 0. The molecule has 0 saturated heterocycles. The molecule has 0 saturated carbocycles. The average Bonchev–Trinajstić information content (AvgIpc) is 2.37. The van der Waals surface area contributed by atoms with Gasteiger partial charge in [-0.15, -0.1) is 0 Å². The highest BCUT2D eigenvalue weighted by molar-refractivity contribution is 7.79. The molecule has 0 radical (unpaired) electrons. The average molecular weight is 1100 g/mol. The highest BCUT2D eigenvalue weighted by Gasteiger charge is 2.20. The lowest BCUT2D eigenvalue weighted by atomic mass is 9.88. The molecule has 0 amide bonds. The summed E-state index contributed by atoms with van der Waals surface area (Å²) in [6.07, 6.45) is 13.8. The Morgan fingerprint density at radius 2 is 0.353 bits per heavy atom. The minimum absolute atomic E-state index is 0.934. The van der Waals surface area contributed by atoms with Gasteiger partial charge in [-0.05, 0) is 155 Å². The molecule has 0 bridgehead atoms. The van der Waals surface area contributed by atoms with Crippen LogP contribution in [0.2, 0.25) is 0 Å². The van der Waals surface area contributed by atoms with Gasteiger partial charge in [0.25, 0.3) is 0 Å². The molecular formula is C84H57P. The molecule has 0 spiro atoms. The molecule has 15 rings (SSSR count). The Morgan fingerprint density at radius 3 is 0.565 bits per heavy atom. The smallest absolute Gasteiger partial charge is 0.00264 e. The lowest BCUT2D eigenvalue weighted by molar-refractivity contribution is 1.66. The number of benzene rings is 15. The van der Waals surface area contributed by atoms with Gasteiger partial charge < -0.3 is 0 Å². The Kier molecular flexibility index (Phi) is 13.7. The molecule has 0 atom stereocenters. The maximum absolute atomic E-state index is 2.35. The van der Waals surface area contributed by atoms with E-state index in [-0.39, 0.29) is 0 Å². The monoisotopic (exact) mass is 1100 g/mol. The van der Waals surface area contributed by atoms with Gasteiger partial charge in [-0.1, -0.05) is 346 Å². The SMILES string of the molecule is C(=Cc1c2ccccc2c(-c2ccccc2)c2ccccc12)c1ccc(P(c2ccc(C=Cc3c4ccccc4c(-c4ccccc4)c4ccccc34)cc2)c2ccc(C=Cc3c4ccccc4c(-c4ccccc4)c4ccccc34)cc2)cc1. The minimum Gasteiger partial charge on any atom is -0.0622 e. The normalized spacial score (nSPS) is 12.3. The predicted octanol–water partition coefficient (Wildman–Crippen LogP) is 21.9. The fourth-order valence-corrected chi connectivity index (χ4v) is 15.2. The first kappa shape index (κ1) is 51.4. The zero-order chi connectivity index (χ0) is 56.5. The molecule has 0 nitrogen and oxygen atoms in total. The quantitative estimate of drug-likeness (QED) is 0.0650. The summed E-state index contributed by atoms with van der Waals surface area (Å²) in [6, 6.07) is 114. The highest BCUT2D eigenvalue weighted by atomic mass is 31.1. The van der Waals surface area contributed by atoms with Gasteiger partial charge in [0.05, 0.1) is 0 Å². The molecule has 15 aromatic rings. The van der Waals surface area contributed by atoms with Crippen molar-refractivity contribution in [3.05, 3.63) is 343 Å². The van der Waals surface area contributed by atoms with Crippen LogP contribution in [0.5, 0.6) is 0 Å². The summed E-state index contributed by atoms with van der Waals surface area (Å²) in [6.45, 7) is 0. The van der Waals surface area contributed by atoms with Gasteiger partial charge in [-0.3, -0.25) is 0 Å². The van der Waals surface area contributed by atoms with Crippen LogP contribution in [0.25, 0.3) is 134 Å². The predicted molar refractivity (Wildman–Crippen MR) is 373 cm³/mol. The molecule has 0 fully saturated rings. The first-order valence-electron chi connectivity index (χ1n) is 29.3. The summed E-state index contributed by atoms with van der Waals surface area (Å²) < 4.78 is 0. The van der Waals surface area contributed by atoms with Crippen molar-refractivity contribution in [1.82, 2.24) is 0 Å². The number of hydrogen-bond donors (Lipinski definition) is 0. The van der Waals surface area contributed by atoms with Gasteiger partial charge in [-0.25, -0.2) is 0 Å². The Balaban J connectivity index is 0.793. The fourth-order valence-electron chi connectivity index (χ4n) is 13.0. The number of fused-ring (bicyclic) bond motifs is 6. The van der Waals surface area contributed by atoms with E-state index in [9.17, 15) is 0 Å². The molecule has 0 aliphatic carbocycles. The van der Waals surface area contributed by atoms with Crippen molar-refractivity contribution in [1.29, 1.82) is 0 Å². The first-order chi connectivity index (χ1) is 42.2. The van der Waals surface area contributed by atoms with Crippen LogP contribution in [0, 0.1) is 0 Å². The summed E-state index contributed by atoms with van der Waals surface area (Å²) in [7, 11) is -0.934. The zero-order valence-electron chi connectivity index (χ0n) is 46.9. The van der Waals surface area contributed by atoms with Crippen LogP contribution in [0.15, 0.2) is 309 Å². The lowest BCUT2D eigenvalue weighted by Gasteiger charge is -2.20. The molecule has 15 aromatic carbocycles. The third-order valence-corrected chi connectivity index (χ3v) is 19.3. The summed E-state index contributed by atoms with van der Waals surface area (Å²) in [5.74, 6) is 0. The van der Waals surface area contributed by atoms with E-state index in [1.165, 1.54) is 131 Å². The molecule has 85 heavy (non-hydrogen) atoms. The highest BCUT2D eigenvalue weighted by Crippen LogP contribution is 2.44. The van der Waals surface area contributed by atoms with E-state index < -0.39 is 7.92 Å². The molecule has 0 N–H and O–H groups in total. The molecule has 0 heterocycles. The van der Waals surface area contributed by atoms with Gasteiger partial charge in [0.1, 0.15) is 0 Å². The Labute approximate surface area is 498 Å². The second-order valence-corrected chi connectivity index (χ2v) is 24.1. The maximum atomic E-state index is 2.35. The summed E-state index contributed by atoms with van der Waals surface area (Å²) in [5, 5.41) is 18.9. The van der Waals surface area contributed by atoms with Crippen LogP contribution >= 0.6 is 7.92 Å². The molecule has 0 unspecified atom stereocenters. The second kappa shape index (κ2) is 22.7. The Bertz CT molecular complexity index is 4370. The largest absolute Gasteiger partial charge is 0.0622 e. The standard InChI is InChI=1S/C84H57P/c1-4-22-61(23-5-1)82-76-34-16-10-28-67(76)73(68-29-11-17-35-77(68)82)55-46-58-40-49-64(50-41-58)85(65-51-42-59(43-52-65)47-56-74-69-30-12-18-36-78(69)83(62-24-6-2-7-25-62)79-37-19-13-31-70(74)79)66-53-44-60(45-54-66)48-57-75-71-32-14-20-38-80(71)84(63-26-8-3-9-27-63)81-39-21-15-33-72(75)81/h1-57H. The van der Waals surface area contributed by atoms with E-state index in [0.29, 0.717) is 0 Å². The lowest BCUT2D eigenvalue weighted by Crippen LogP contribution is -2.20. The topological polar surface area (TPSA) is 0 Å².